The Kier molecular flexibility index (Phi) is 5.38. The number of sulfonamides is 1. The number of anilines is 1. The van der Waals surface area contributed by atoms with Crippen LogP contribution in [-0.4, -0.2) is 37.3 Å². The summed E-state index contributed by atoms with van der Waals surface area (Å²) in [6.45, 7) is 3.41. The van der Waals surface area contributed by atoms with Crippen molar-refractivity contribution in [2.45, 2.75) is 50.1 Å². The fourth-order valence-electron chi connectivity index (χ4n) is 2.84. The number of carbonyl (C=O) groups is 1. The molecule has 0 bridgehead atoms. The zero-order valence-electron chi connectivity index (χ0n) is 13.3. The number of nitrogens with zero attached hydrogens (tertiary/aromatic N) is 1. The molecule has 1 aliphatic rings. The van der Waals surface area contributed by atoms with Crippen LogP contribution in [0, 0.1) is 5.82 Å². The van der Waals surface area contributed by atoms with Gasteiger partial charge in [0.15, 0.2) is 0 Å². The molecule has 1 fully saturated rings. The number of hydrogen-bond acceptors (Lipinski definition) is 4. The Balaban J connectivity index is 2.40. The van der Waals surface area contributed by atoms with Crippen LogP contribution in [0.15, 0.2) is 23.1 Å². The smallest absolute Gasteiger partial charge is 0.243 e. The highest BCUT2D eigenvalue weighted by atomic mass is 32.2. The summed E-state index contributed by atoms with van der Waals surface area (Å²) in [5, 5.41) is 2.30. The lowest BCUT2D eigenvalue weighted by atomic mass is 10.00. The van der Waals surface area contributed by atoms with E-state index in [0.29, 0.717) is 13.0 Å². The largest absolute Gasteiger partial charge is 0.326 e. The van der Waals surface area contributed by atoms with Crippen LogP contribution in [-0.2, 0) is 14.8 Å². The number of nitrogens with two attached hydrogens (primary N) is 1. The van der Waals surface area contributed by atoms with Gasteiger partial charge < -0.3 is 11.1 Å². The van der Waals surface area contributed by atoms with Crippen LogP contribution in [0.3, 0.4) is 0 Å². The first-order valence-electron chi connectivity index (χ1n) is 7.58. The first-order chi connectivity index (χ1) is 10.7. The van der Waals surface area contributed by atoms with Crippen LogP contribution in [0.25, 0.3) is 0 Å². The lowest BCUT2D eigenvalue weighted by Gasteiger charge is -2.36. The van der Waals surface area contributed by atoms with Gasteiger partial charge in [-0.05, 0) is 38.0 Å². The molecule has 3 N–H and O–H groups in total. The molecular formula is C15H22FN3O3S. The standard InChI is InChI=1S/C15H22FN3O3S/c1-10(17)15-5-3-4-8-19(15)23(21,22)12-6-7-13(16)14(9-12)18-11(2)20/h6-7,9-10,15H,3-5,8,17H2,1-2H3,(H,18,20). The topological polar surface area (TPSA) is 92.5 Å². The summed E-state index contributed by atoms with van der Waals surface area (Å²) in [4.78, 5) is 11.1. The second-order valence-corrected chi connectivity index (χ2v) is 7.75. The van der Waals surface area contributed by atoms with Crippen LogP contribution >= 0.6 is 0 Å². The normalized spacial score (nSPS) is 21.0. The Morgan fingerprint density at radius 1 is 1.43 bits per heavy atom. The van der Waals surface area contributed by atoms with E-state index in [9.17, 15) is 17.6 Å². The summed E-state index contributed by atoms with van der Waals surface area (Å²) in [5.74, 6) is -1.15. The van der Waals surface area contributed by atoms with Gasteiger partial charge in [-0.25, -0.2) is 12.8 Å². The van der Waals surface area contributed by atoms with Crippen molar-refractivity contribution in [3.05, 3.63) is 24.0 Å². The first kappa shape index (κ1) is 17.8. The molecule has 1 aromatic rings. The van der Waals surface area contributed by atoms with Crippen molar-refractivity contribution in [3.8, 4) is 0 Å². The molecule has 23 heavy (non-hydrogen) atoms. The first-order valence-corrected chi connectivity index (χ1v) is 9.02. The van der Waals surface area contributed by atoms with Gasteiger partial charge in [0.2, 0.25) is 15.9 Å². The Labute approximate surface area is 135 Å². The van der Waals surface area contributed by atoms with Crippen molar-refractivity contribution < 1.29 is 17.6 Å². The fourth-order valence-corrected chi connectivity index (χ4v) is 4.64. The van der Waals surface area contributed by atoms with E-state index >= 15 is 0 Å². The maximum Gasteiger partial charge on any atom is 0.243 e. The van der Waals surface area contributed by atoms with Gasteiger partial charge in [-0.1, -0.05) is 6.42 Å². The van der Waals surface area contributed by atoms with Crippen LogP contribution in [0.5, 0.6) is 0 Å². The molecule has 0 aromatic heterocycles. The summed E-state index contributed by atoms with van der Waals surface area (Å²) in [7, 11) is -3.80. The number of amides is 1. The van der Waals surface area contributed by atoms with Gasteiger partial charge in [-0.15, -0.1) is 0 Å². The molecule has 2 atom stereocenters. The number of halogens is 1. The van der Waals surface area contributed by atoms with E-state index in [-0.39, 0.29) is 22.7 Å². The van der Waals surface area contributed by atoms with Gasteiger partial charge in [0.25, 0.3) is 0 Å². The Bertz CT molecular complexity index is 691. The van der Waals surface area contributed by atoms with Crippen molar-refractivity contribution in [3.63, 3.8) is 0 Å². The molecule has 1 aliphatic heterocycles. The quantitative estimate of drug-likeness (QED) is 0.870. The minimum atomic E-state index is -3.80. The summed E-state index contributed by atoms with van der Waals surface area (Å²) >= 11 is 0. The van der Waals surface area contributed by atoms with E-state index in [1.54, 1.807) is 6.92 Å². The number of rotatable bonds is 4. The maximum atomic E-state index is 13.7. The Morgan fingerprint density at radius 3 is 2.74 bits per heavy atom. The molecule has 2 unspecified atom stereocenters. The molecule has 128 valence electrons. The summed E-state index contributed by atoms with van der Waals surface area (Å²) < 4.78 is 40.9. The number of nitrogens with one attached hydrogen (secondary N) is 1. The lowest BCUT2D eigenvalue weighted by Crippen LogP contribution is -2.51. The minimum Gasteiger partial charge on any atom is -0.326 e. The average Bonchev–Trinajstić information content (AvgIpc) is 2.48. The zero-order chi connectivity index (χ0) is 17.2. The Hall–Kier alpha value is -1.51. The highest BCUT2D eigenvalue weighted by molar-refractivity contribution is 7.89. The highest BCUT2D eigenvalue weighted by Gasteiger charge is 2.35. The van der Waals surface area contributed by atoms with Crippen molar-refractivity contribution in [2.24, 2.45) is 5.73 Å². The third-order valence-electron chi connectivity index (χ3n) is 3.96. The number of piperidine rings is 1. The number of carbonyl (C=O) groups excluding carboxylic acids is 1. The van der Waals surface area contributed by atoms with Gasteiger partial charge in [-0.3, -0.25) is 4.79 Å². The fraction of sp³-hybridized carbons (Fsp3) is 0.533. The van der Waals surface area contributed by atoms with E-state index in [2.05, 4.69) is 5.32 Å². The second kappa shape index (κ2) is 6.94. The van der Waals surface area contributed by atoms with Crippen LogP contribution in [0.4, 0.5) is 10.1 Å². The summed E-state index contributed by atoms with van der Waals surface area (Å²) in [6, 6.07) is 2.84. The predicted molar refractivity (Wildman–Crippen MR) is 85.9 cm³/mol. The average molecular weight is 343 g/mol. The van der Waals surface area contributed by atoms with Crippen molar-refractivity contribution >= 4 is 21.6 Å². The van der Waals surface area contributed by atoms with Gasteiger partial charge in [0.1, 0.15) is 5.82 Å². The molecule has 0 radical (unpaired) electrons. The monoisotopic (exact) mass is 343 g/mol. The van der Waals surface area contributed by atoms with Crippen LogP contribution < -0.4 is 11.1 Å². The lowest BCUT2D eigenvalue weighted by molar-refractivity contribution is -0.114. The van der Waals surface area contributed by atoms with Crippen molar-refractivity contribution in [2.75, 3.05) is 11.9 Å². The molecule has 1 aromatic carbocycles. The van der Waals surface area contributed by atoms with Crippen molar-refractivity contribution in [1.82, 2.24) is 4.31 Å². The second-order valence-electron chi connectivity index (χ2n) is 5.86. The molecule has 0 aliphatic carbocycles. The predicted octanol–water partition coefficient (Wildman–Crippen LogP) is 1.67. The zero-order valence-corrected chi connectivity index (χ0v) is 14.1. The third-order valence-corrected chi connectivity index (χ3v) is 5.88. The van der Waals surface area contributed by atoms with Crippen LogP contribution in [0.2, 0.25) is 0 Å². The molecule has 1 saturated heterocycles. The molecular weight excluding hydrogens is 321 g/mol. The molecule has 8 heteroatoms. The van der Waals surface area contributed by atoms with E-state index in [4.69, 9.17) is 5.73 Å². The summed E-state index contributed by atoms with van der Waals surface area (Å²) in [6.07, 6.45) is 2.40. The van der Waals surface area contributed by atoms with E-state index in [0.717, 1.165) is 25.0 Å². The van der Waals surface area contributed by atoms with Crippen LogP contribution in [0.1, 0.15) is 33.1 Å². The molecule has 0 saturated carbocycles. The van der Waals surface area contributed by atoms with Gasteiger partial charge in [0, 0.05) is 25.6 Å². The minimum absolute atomic E-state index is 0.0461. The number of benzene rings is 1. The Morgan fingerprint density at radius 2 is 2.13 bits per heavy atom. The maximum absolute atomic E-state index is 13.7. The SMILES string of the molecule is CC(=O)Nc1cc(S(=O)(=O)N2CCCCC2C(C)N)ccc1F. The molecule has 0 spiro atoms. The van der Waals surface area contributed by atoms with Crippen molar-refractivity contribution in [1.29, 1.82) is 0 Å². The van der Waals surface area contributed by atoms with Gasteiger partial charge in [0.05, 0.1) is 10.6 Å². The van der Waals surface area contributed by atoms with E-state index in [1.165, 1.54) is 17.3 Å². The third kappa shape index (κ3) is 3.88. The molecule has 1 amide bonds. The van der Waals surface area contributed by atoms with E-state index < -0.39 is 21.7 Å². The molecule has 1 heterocycles. The molecule has 6 nitrogen and oxygen atoms in total. The summed E-state index contributed by atoms with van der Waals surface area (Å²) in [5.41, 5.74) is 5.78. The highest BCUT2D eigenvalue weighted by Crippen LogP contribution is 2.28. The van der Waals surface area contributed by atoms with Gasteiger partial charge in [-0.2, -0.15) is 4.31 Å². The van der Waals surface area contributed by atoms with E-state index in [1.807, 2.05) is 0 Å². The van der Waals surface area contributed by atoms with Gasteiger partial charge >= 0.3 is 0 Å². The molecule has 2 rings (SSSR count). The number of hydrogen-bond donors (Lipinski definition) is 2.